The highest BCUT2D eigenvalue weighted by atomic mass is 32.2. The lowest BCUT2D eigenvalue weighted by Crippen LogP contribution is -2.37. The zero-order valence-electron chi connectivity index (χ0n) is 12.6. The van der Waals surface area contributed by atoms with E-state index in [0.29, 0.717) is 6.54 Å². The molecule has 1 aromatic rings. The van der Waals surface area contributed by atoms with Gasteiger partial charge in [-0.2, -0.15) is 0 Å². The molecule has 2 N–H and O–H groups in total. The standard InChI is InChI=1S/C15H25N3O2S/c1-18(15-8-3-2-4-9-15)12-6-11-17-21(19,20)13-14-7-5-10-16-14/h2-4,8-9,14,16-17H,5-7,10-13H2,1H3. The van der Waals surface area contributed by atoms with Gasteiger partial charge in [0.2, 0.25) is 10.0 Å². The summed E-state index contributed by atoms with van der Waals surface area (Å²) in [5.74, 6) is 0.196. The number of hydrogen-bond acceptors (Lipinski definition) is 4. The molecule has 1 unspecified atom stereocenters. The van der Waals surface area contributed by atoms with Gasteiger partial charge in [0.15, 0.2) is 0 Å². The van der Waals surface area contributed by atoms with Crippen molar-refractivity contribution in [1.29, 1.82) is 0 Å². The van der Waals surface area contributed by atoms with E-state index in [1.807, 2.05) is 25.2 Å². The van der Waals surface area contributed by atoms with Crippen molar-refractivity contribution < 1.29 is 8.42 Å². The van der Waals surface area contributed by atoms with E-state index in [2.05, 4.69) is 27.1 Å². The smallest absolute Gasteiger partial charge is 0.213 e. The number of sulfonamides is 1. The second-order valence-corrected chi connectivity index (χ2v) is 7.43. The maximum atomic E-state index is 11.9. The number of rotatable bonds is 8. The normalized spacial score (nSPS) is 18.8. The molecule has 21 heavy (non-hydrogen) atoms. The van der Waals surface area contributed by atoms with Crippen molar-refractivity contribution in [2.24, 2.45) is 0 Å². The number of benzene rings is 1. The lowest BCUT2D eigenvalue weighted by atomic mass is 10.3. The fourth-order valence-electron chi connectivity index (χ4n) is 2.58. The van der Waals surface area contributed by atoms with Gasteiger partial charge >= 0.3 is 0 Å². The monoisotopic (exact) mass is 311 g/mol. The van der Waals surface area contributed by atoms with Crippen molar-refractivity contribution in [1.82, 2.24) is 10.0 Å². The minimum Gasteiger partial charge on any atom is -0.375 e. The summed E-state index contributed by atoms with van der Waals surface area (Å²) in [5.41, 5.74) is 1.15. The van der Waals surface area contributed by atoms with E-state index in [0.717, 1.165) is 38.0 Å². The summed E-state index contributed by atoms with van der Waals surface area (Å²) in [6.07, 6.45) is 2.82. The molecule has 0 bridgehead atoms. The van der Waals surface area contributed by atoms with Crippen molar-refractivity contribution >= 4 is 15.7 Å². The van der Waals surface area contributed by atoms with Crippen molar-refractivity contribution in [3.63, 3.8) is 0 Å². The van der Waals surface area contributed by atoms with Gasteiger partial charge in [-0.15, -0.1) is 0 Å². The van der Waals surface area contributed by atoms with Crippen LogP contribution in [0.25, 0.3) is 0 Å². The summed E-state index contributed by atoms with van der Waals surface area (Å²) in [5, 5.41) is 3.22. The van der Waals surface area contributed by atoms with Gasteiger partial charge in [-0.1, -0.05) is 18.2 Å². The first-order chi connectivity index (χ1) is 10.1. The van der Waals surface area contributed by atoms with Gasteiger partial charge < -0.3 is 10.2 Å². The molecular weight excluding hydrogens is 286 g/mol. The molecule has 1 fully saturated rings. The molecule has 1 heterocycles. The van der Waals surface area contributed by atoms with E-state index < -0.39 is 10.0 Å². The summed E-state index contributed by atoms with van der Waals surface area (Å²) >= 11 is 0. The Bertz CT molecular complexity index is 513. The Morgan fingerprint density at radius 1 is 1.33 bits per heavy atom. The van der Waals surface area contributed by atoms with Crippen LogP contribution in [0, 0.1) is 0 Å². The van der Waals surface area contributed by atoms with E-state index in [9.17, 15) is 8.42 Å². The van der Waals surface area contributed by atoms with Crippen LogP contribution in [0.3, 0.4) is 0 Å². The first-order valence-corrected chi connectivity index (χ1v) is 9.19. The third-order valence-electron chi connectivity index (χ3n) is 3.77. The third-order valence-corrected chi connectivity index (χ3v) is 5.26. The van der Waals surface area contributed by atoms with Crippen LogP contribution < -0.4 is 14.9 Å². The molecule has 2 rings (SSSR count). The number of nitrogens with one attached hydrogen (secondary N) is 2. The van der Waals surface area contributed by atoms with Crippen molar-refractivity contribution in [3.8, 4) is 0 Å². The van der Waals surface area contributed by atoms with Gasteiger partial charge in [0.25, 0.3) is 0 Å². The summed E-state index contributed by atoms with van der Waals surface area (Å²) in [6, 6.07) is 10.2. The maximum absolute atomic E-state index is 11.9. The van der Waals surface area contributed by atoms with Crippen molar-refractivity contribution in [2.45, 2.75) is 25.3 Å². The summed E-state index contributed by atoms with van der Waals surface area (Å²) < 4.78 is 26.6. The minimum atomic E-state index is -3.16. The average Bonchev–Trinajstić information content (AvgIpc) is 2.96. The lowest BCUT2D eigenvalue weighted by Gasteiger charge is -2.19. The Balaban J connectivity index is 1.66. The van der Waals surface area contributed by atoms with Crippen LogP contribution >= 0.6 is 0 Å². The first kappa shape index (κ1) is 16.3. The van der Waals surface area contributed by atoms with Gasteiger partial charge in [-0.05, 0) is 37.9 Å². The molecular formula is C15H25N3O2S. The number of hydrogen-bond donors (Lipinski definition) is 2. The second-order valence-electron chi connectivity index (χ2n) is 5.58. The summed E-state index contributed by atoms with van der Waals surface area (Å²) in [6.45, 7) is 2.25. The molecule has 0 aliphatic carbocycles. The molecule has 0 radical (unpaired) electrons. The van der Waals surface area contributed by atoms with Crippen LogP contribution in [0.2, 0.25) is 0 Å². The molecule has 1 aliphatic heterocycles. The molecule has 0 spiro atoms. The van der Waals surface area contributed by atoms with E-state index in [1.54, 1.807) is 0 Å². The minimum absolute atomic E-state index is 0.120. The molecule has 1 aromatic carbocycles. The predicted octanol–water partition coefficient (Wildman–Crippen LogP) is 1.18. The van der Waals surface area contributed by atoms with Crippen LogP contribution in [0.5, 0.6) is 0 Å². The van der Waals surface area contributed by atoms with Crippen molar-refractivity contribution in [3.05, 3.63) is 30.3 Å². The summed E-state index contributed by atoms with van der Waals surface area (Å²) in [7, 11) is -1.14. The van der Waals surface area contributed by atoms with Crippen LogP contribution in [-0.4, -0.2) is 46.9 Å². The van der Waals surface area contributed by atoms with Crippen LogP contribution in [0.1, 0.15) is 19.3 Å². The van der Waals surface area contributed by atoms with E-state index >= 15 is 0 Å². The highest BCUT2D eigenvalue weighted by molar-refractivity contribution is 7.89. The average molecular weight is 311 g/mol. The number of para-hydroxylation sites is 1. The Morgan fingerprint density at radius 3 is 2.76 bits per heavy atom. The maximum Gasteiger partial charge on any atom is 0.213 e. The fourth-order valence-corrected chi connectivity index (χ4v) is 3.97. The Labute approximate surface area is 127 Å². The summed E-state index contributed by atoms with van der Waals surface area (Å²) in [4.78, 5) is 2.13. The molecule has 0 saturated carbocycles. The topological polar surface area (TPSA) is 61.4 Å². The SMILES string of the molecule is CN(CCCNS(=O)(=O)CC1CCCN1)c1ccccc1. The quantitative estimate of drug-likeness (QED) is 0.708. The van der Waals surface area contributed by atoms with Gasteiger partial charge in [-0.3, -0.25) is 0 Å². The first-order valence-electron chi connectivity index (χ1n) is 7.54. The van der Waals surface area contributed by atoms with Crippen molar-refractivity contribution in [2.75, 3.05) is 37.3 Å². The molecule has 6 heteroatoms. The van der Waals surface area contributed by atoms with Crippen LogP contribution in [-0.2, 0) is 10.0 Å². The van der Waals surface area contributed by atoms with Crippen LogP contribution in [0.15, 0.2) is 30.3 Å². The highest BCUT2D eigenvalue weighted by Gasteiger charge is 2.21. The van der Waals surface area contributed by atoms with Gasteiger partial charge in [-0.25, -0.2) is 13.1 Å². The molecule has 1 atom stereocenters. The van der Waals surface area contributed by atoms with Gasteiger partial charge in [0.1, 0.15) is 0 Å². The molecule has 5 nitrogen and oxygen atoms in total. The fraction of sp³-hybridized carbons (Fsp3) is 0.600. The van der Waals surface area contributed by atoms with Gasteiger partial charge in [0, 0.05) is 31.9 Å². The van der Waals surface area contributed by atoms with E-state index in [4.69, 9.17) is 0 Å². The molecule has 1 aliphatic rings. The number of anilines is 1. The second kappa shape index (κ2) is 7.77. The predicted molar refractivity (Wildman–Crippen MR) is 87.1 cm³/mol. The lowest BCUT2D eigenvalue weighted by molar-refractivity contribution is 0.561. The molecule has 0 amide bonds. The molecule has 1 saturated heterocycles. The van der Waals surface area contributed by atoms with Gasteiger partial charge in [0.05, 0.1) is 5.75 Å². The Hall–Kier alpha value is -1.11. The van der Waals surface area contributed by atoms with E-state index in [1.165, 1.54) is 0 Å². The third kappa shape index (κ3) is 5.65. The Morgan fingerprint density at radius 2 is 2.10 bits per heavy atom. The molecule has 118 valence electrons. The largest absolute Gasteiger partial charge is 0.375 e. The molecule has 0 aromatic heterocycles. The van der Waals surface area contributed by atoms with E-state index in [-0.39, 0.29) is 11.8 Å². The number of nitrogens with zero attached hydrogens (tertiary/aromatic N) is 1. The highest BCUT2D eigenvalue weighted by Crippen LogP contribution is 2.11. The van der Waals surface area contributed by atoms with Crippen LogP contribution in [0.4, 0.5) is 5.69 Å². The zero-order chi connectivity index (χ0) is 15.1. The Kier molecular flexibility index (Phi) is 6.02. The zero-order valence-corrected chi connectivity index (χ0v) is 13.4.